The van der Waals surface area contributed by atoms with Gasteiger partial charge in [-0.1, -0.05) is 20.3 Å². The molecule has 2 unspecified atom stereocenters. The number of carbonyl (C=O) groups excluding carboxylic acids is 1. The van der Waals surface area contributed by atoms with Crippen molar-refractivity contribution < 1.29 is 9.53 Å². The molecule has 0 saturated carbocycles. The number of rotatable bonds is 6. The van der Waals surface area contributed by atoms with Gasteiger partial charge in [0.05, 0.1) is 6.61 Å². The van der Waals surface area contributed by atoms with Crippen LogP contribution in [-0.2, 0) is 9.53 Å². The molecule has 78 valence electrons. The van der Waals surface area contributed by atoms with Gasteiger partial charge in [0.25, 0.3) is 0 Å². The van der Waals surface area contributed by atoms with Crippen LogP contribution in [0.1, 0.15) is 40.0 Å². The zero-order valence-electron chi connectivity index (χ0n) is 8.88. The van der Waals surface area contributed by atoms with E-state index >= 15 is 0 Å². The summed E-state index contributed by atoms with van der Waals surface area (Å²) in [5.41, 5.74) is 5.86. The summed E-state index contributed by atoms with van der Waals surface area (Å²) in [6.07, 6.45) is 2.23. The number of carbonyl (C=O) groups is 1. The normalized spacial score (nSPS) is 15.1. The highest BCUT2D eigenvalue weighted by atomic mass is 16.5. The Labute approximate surface area is 80.6 Å². The minimum atomic E-state index is -0.138. The Morgan fingerprint density at radius 3 is 2.54 bits per heavy atom. The second kappa shape index (κ2) is 6.89. The van der Waals surface area contributed by atoms with Crippen LogP contribution in [0.2, 0.25) is 0 Å². The Hall–Kier alpha value is -0.570. The van der Waals surface area contributed by atoms with Gasteiger partial charge in [-0.25, -0.2) is 0 Å². The molecule has 0 heterocycles. The molecule has 0 aromatic heterocycles. The quantitative estimate of drug-likeness (QED) is 0.644. The van der Waals surface area contributed by atoms with Crippen LogP contribution in [0.4, 0.5) is 0 Å². The molecule has 3 heteroatoms. The van der Waals surface area contributed by atoms with Gasteiger partial charge in [0.15, 0.2) is 0 Å². The molecule has 0 aliphatic rings. The third-order valence-electron chi connectivity index (χ3n) is 2.36. The fourth-order valence-corrected chi connectivity index (χ4v) is 1.10. The lowest BCUT2D eigenvalue weighted by Crippen LogP contribution is -2.28. The van der Waals surface area contributed by atoms with Crippen molar-refractivity contribution in [2.75, 3.05) is 6.61 Å². The van der Waals surface area contributed by atoms with Crippen LogP contribution in [0.5, 0.6) is 0 Å². The highest BCUT2D eigenvalue weighted by molar-refractivity contribution is 5.69. The van der Waals surface area contributed by atoms with Crippen molar-refractivity contribution in [2.45, 2.75) is 46.1 Å². The van der Waals surface area contributed by atoms with Crippen LogP contribution in [-0.4, -0.2) is 18.6 Å². The molecule has 0 fully saturated rings. The van der Waals surface area contributed by atoms with E-state index in [0.29, 0.717) is 18.9 Å². The maximum Gasteiger partial charge on any atom is 0.305 e. The topological polar surface area (TPSA) is 52.3 Å². The van der Waals surface area contributed by atoms with Crippen molar-refractivity contribution in [3.05, 3.63) is 0 Å². The molecule has 0 rings (SSSR count). The zero-order chi connectivity index (χ0) is 10.3. The van der Waals surface area contributed by atoms with Crippen LogP contribution < -0.4 is 5.73 Å². The molecule has 0 aromatic carbocycles. The molecule has 0 saturated heterocycles. The van der Waals surface area contributed by atoms with E-state index in [-0.39, 0.29) is 12.0 Å². The van der Waals surface area contributed by atoms with Gasteiger partial charge in [-0.05, 0) is 19.3 Å². The molecule has 0 bridgehead atoms. The van der Waals surface area contributed by atoms with Crippen molar-refractivity contribution >= 4 is 5.97 Å². The summed E-state index contributed by atoms with van der Waals surface area (Å²) in [5.74, 6) is 0.343. The van der Waals surface area contributed by atoms with E-state index in [1.165, 1.54) is 0 Å². The summed E-state index contributed by atoms with van der Waals surface area (Å²) in [6.45, 7) is 6.48. The van der Waals surface area contributed by atoms with Gasteiger partial charge in [-0.3, -0.25) is 4.79 Å². The van der Waals surface area contributed by atoms with Crippen molar-refractivity contribution in [1.82, 2.24) is 0 Å². The number of esters is 1. The van der Waals surface area contributed by atoms with E-state index in [4.69, 9.17) is 10.5 Å². The molecule has 2 atom stereocenters. The highest BCUT2D eigenvalue weighted by Crippen LogP contribution is 2.10. The second-order valence-electron chi connectivity index (χ2n) is 3.39. The first-order chi connectivity index (χ1) is 6.11. The fourth-order valence-electron chi connectivity index (χ4n) is 1.10. The first kappa shape index (κ1) is 12.4. The molecule has 0 spiro atoms. The average molecular weight is 187 g/mol. The van der Waals surface area contributed by atoms with Crippen LogP contribution in [0.15, 0.2) is 0 Å². The molecule has 0 aromatic rings. The summed E-state index contributed by atoms with van der Waals surface area (Å²) >= 11 is 0. The zero-order valence-corrected chi connectivity index (χ0v) is 8.88. The summed E-state index contributed by atoms with van der Waals surface area (Å²) in [6, 6.07) is 0.120. The molecular weight excluding hydrogens is 166 g/mol. The molecule has 0 amide bonds. The minimum Gasteiger partial charge on any atom is -0.466 e. The van der Waals surface area contributed by atoms with E-state index in [0.717, 1.165) is 12.8 Å². The van der Waals surface area contributed by atoms with Gasteiger partial charge >= 0.3 is 5.97 Å². The molecule has 2 N–H and O–H groups in total. The van der Waals surface area contributed by atoms with Crippen molar-refractivity contribution in [3.63, 3.8) is 0 Å². The van der Waals surface area contributed by atoms with Gasteiger partial charge in [0, 0.05) is 12.5 Å². The molecule has 0 aliphatic carbocycles. The Bertz CT molecular complexity index is 148. The lowest BCUT2D eigenvalue weighted by atomic mass is 9.96. The third-order valence-corrected chi connectivity index (χ3v) is 2.36. The maximum absolute atomic E-state index is 11.0. The van der Waals surface area contributed by atoms with Gasteiger partial charge in [0.1, 0.15) is 0 Å². The number of ether oxygens (including phenoxy) is 1. The smallest absolute Gasteiger partial charge is 0.305 e. The van der Waals surface area contributed by atoms with E-state index in [2.05, 4.69) is 13.8 Å². The Kier molecular flexibility index (Phi) is 6.59. The number of hydrogen-bond donors (Lipinski definition) is 1. The van der Waals surface area contributed by atoms with Gasteiger partial charge < -0.3 is 10.5 Å². The van der Waals surface area contributed by atoms with Crippen LogP contribution >= 0.6 is 0 Å². The fraction of sp³-hybridized carbons (Fsp3) is 0.900. The average Bonchev–Trinajstić information content (AvgIpc) is 2.13. The lowest BCUT2D eigenvalue weighted by Gasteiger charge is -2.17. The Balaban J connectivity index is 3.57. The summed E-state index contributed by atoms with van der Waals surface area (Å²) < 4.78 is 4.81. The first-order valence-corrected chi connectivity index (χ1v) is 5.03. The predicted molar refractivity (Wildman–Crippen MR) is 53.3 cm³/mol. The van der Waals surface area contributed by atoms with E-state index in [9.17, 15) is 4.79 Å². The van der Waals surface area contributed by atoms with Crippen molar-refractivity contribution in [3.8, 4) is 0 Å². The van der Waals surface area contributed by atoms with E-state index < -0.39 is 0 Å². The highest BCUT2D eigenvalue weighted by Gasteiger charge is 2.12. The Morgan fingerprint density at radius 2 is 2.08 bits per heavy atom. The van der Waals surface area contributed by atoms with Gasteiger partial charge in [0.2, 0.25) is 0 Å². The maximum atomic E-state index is 11.0. The number of nitrogens with two attached hydrogens (primary N) is 1. The van der Waals surface area contributed by atoms with Crippen molar-refractivity contribution in [1.29, 1.82) is 0 Å². The SMILES string of the molecule is CCOC(=O)CCC(N)C(C)CC. The van der Waals surface area contributed by atoms with Crippen molar-refractivity contribution in [2.24, 2.45) is 11.7 Å². The van der Waals surface area contributed by atoms with E-state index in [1.807, 2.05) is 6.92 Å². The monoisotopic (exact) mass is 187 g/mol. The molecule has 3 nitrogen and oxygen atoms in total. The molecular formula is C10H21NO2. The lowest BCUT2D eigenvalue weighted by molar-refractivity contribution is -0.143. The number of hydrogen-bond acceptors (Lipinski definition) is 3. The largest absolute Gasteiger partial charge is 0.466 e. The standard InChI is InChI=1S/C10H21NO2/c1-4-8(3)9(11)6-7-10(12)13-5-2/h8-9H,4-7,11H2,1-3H3. The van der Waals surface area contributed by atoms with Crippen LogP contribution in [0, 0.1) is 5.92 Å². The van der Waals surface area contributed by atoms with Crippen LogP contribution in [0.3, 0.4) is 0 Å². The van der Waals surface area contributed by atoms with Gasteiger partial charge in [-0.15, -0.1) is 0 Å². The van der Waals surface area contributed by atoms with E-state index in [1.54, 1.807) is 0 Å². The summed E-state index contributed by atoms with van der Waals surface area (Å²) in [7, 11) is 0. The predicted octanol–water partition coefficient (Wildman–Crippen LogP) is 1.70. The molecule has 13 heavy (non-hydrogen) atoms. The van der Waals surface area contributed by atoms with Crippen LogP contribution in [0.25, 0.3) is 0 Å². The first-order valence-electron chi connectivity index (χ1n) is 5.03. The minimum absolute atomic E-state index is 0.120. The summed E-state index contributed by atoms with van der Waals surface area (Å²) in [4.78, 5) is 11.0. The molecule has 0 radical (unpaired) electrons. The summed E-state index contributed by atoms with van der Waals surface area (Å²) in [5, 5.41) is 0. The third kappa shape index (κ3) is 5.64. The Morgan fingerprint density at radius 1 is 1.46 bits per heavy atom. The van der Waals surface area contributed by atoms with Gasteiger partial charge in [-0.2, -0.15) is 0 Å². The molecule has 0 aliphatic heterocycles. The second-order valence-corrected chi connectivity index (χ2v) is 3.39.